The van der Waals surface area contributed by atoms with Crippen molar-refractivity contribution in [3.8, 4) is 11.1 Å². The second kappa shape index (κ2) is 9.87. The zero-order valence-corrected chi connectivity index (χ0v) is 17.3. The Labute approximate surface area is 182 Å². The number of nitrogens with one attached hydrogen (secondary N) is 2. The predicted octanol–water partition coefficient (Wildman–Crippen LogP) is 5.03. The van der Waals surface area contributed by atoms with E-state index in [0.717, 1.165) is 42.8 Å². The topological polar surface area (TPSA) is 79.5 Å². The molecule has 0 saturated heterocycles. The molecule has 0 bridgehead atoms. The van der Waals surface area contributed by atoms with Crippen molar-refractivity contribution in [3.05, 3.63) is 95.7 Å². The van der Waals surface area contributed by atoms with E-state index in [2.05, 4.69) is 46.0 Å². The Kier molecular flexibility index (Phi) is 6.55. The Morgan fingerprint density at radius 2 is 1.74 bits per heavy atom. The number of aliphatic imine (C=N–C) groups is 1. The largest absolute Gasteiger partial charge is 0.397 e. The number of amides is 1. The van der Waals surface area contributed by atoms with E-state index in [1.165, 1.54) is 5.56 Å². The molecule has 3 aromatic rings. The van der Waals surface area contributed by atoms with Crippen LogP contribution in [-0.4, -0.2) is 18.7 Å². The zero-order valence-electron chi connectivity index (χ0n) is 17.3. The minimum absolute atomic E-state index is 0.179. The van der Waals surface area contributed by atoms with Gasteiger partial charge in [-0.25, -0.2) is 0 Å². The average Bonchev–Trinajstić information content (AvgIpc) is 2.81. The highest BCUT2D eigenvalue weighted by molar-refractivity contribution is 6.05. The molecule has 1 amide bonds. The SMILES string of the molecule is Nc1ccccc1NC(=O)c1ccc(-c2cccc(CNCC3=CCCC=N3)c2)cc1. The van der Waals surface area contributed by atoms with Crippen LogP contribution >= 0.6 is 0 Å². The van der Waals surface area contributed by atoms with Gasteiger partial charge >= 0.3 is 0 Å². The Balaban J connectivity index is 1.39. The van der Waals surface area contributed by atoms with Gasteiger partial charge in [-0.2, -0.15) is 0 Å². The fourth-order valence-corrected chi connectivity index (χ4v) is 3.49. The first kappa shape index (κ1) is 20.6. The van der Waals surface area contributed by atoms with E-state index in [1.54, 1.807) is 12.1 Å². The first-order valence-corrected chi connectivity index (χ1v) is 10.5. The van der Waals surface area contributed by atoms with Gasteiger partial charge in [-0.15, -0.1) is 0 Å². The standard InChI is InChI=1S/C26H26N4O/c27-24-9-1-2-10-25(24)30-26(31)21-13-11-20(12-14-21)22-7-5-6-19(16-22)17-28-18-23-8-3-4-15-29-23/h1-2,5-16,28H,3-4,17-18,27H2,(H,30,31). The van der Waals surface area contributed by atoms with Gasteiger partial charge in [0, 0.05) is 30.6 Å². The van der Waals surface area contributed by atoms with Gasteiger partial charge in [0.05, 0.1) is 11.4 Å². The highest BCUT2D eigenvalue weighted by Gasteiger charge is 2.08. The number of nitrogens with zero attached hydrogens (tertiary/aromatic N) is 1. The summed E-state index contributed by atoms with van der Waals surface area (Å²) in [5.41, 5.74) is 12.2. The van der Waals surface area contributed by atoms with Gasteiger partial charge in [-0.1, -0.05) is 48.5 Å². The lowest BCUT2D eigenvalue weighted by Crippen LogP contribution is -2.16. The maximum Gasteiger partial charge on any atom is 0.255 e. The van der Waals surface area contributed by atoms with Gasteiger partial charge in [0.1, 0.15) is 0 Å². The van der Waals surface area contributed by atoms with Crippen molar-refractivity contribution in [2.24, 2.45) is 4.99 Å². The lowest BCUT2D eigenvalue weighted by Gasteiger charge is -2.10. The third-order valence-corrected chi connectivity index (χ3v) is 5.18. The van der Waals surface area contributed by atoms with Crippen LogP contribution in [0, 0.1) is 0 Å². The van der Waals surface area contributed by atoms with Crippen LogP contribution in [0.15, 0.2) is 89.6 Å². The molecule has 0 aliphatic carbocycles. The maximum absolute atomic E-state index is 12.5. The molecule has 0 radical (unpaired) electrons. The summed E-state index contributed by atoms with van der Waals surface area (Å²) < 4.78 is 0. The summed E-state index contributed by atoms with van der Waals surface area (Å²) >= 11 is 0. The van der Waals surface area contributed by atoms with Crippen LogP contribution in [0.3, 0.4) is 0 Å². The van der Waals surface area contributed by atoms with E-state index >= 15 is 0 Å². The van der Waals surface area contributed by atoms with Crippen LogP contribution in [0.5, 0.6) is 0 Å². The second-order valence-corrected chi connectivity index (χ2v) is 7.51. The number of hydrogen-bond donors (Lipinski definition) is 3. The molecule has 0 fully saturated rings. The van der Waals surface area contributed by atoms with Gasteiger partial charge in [-0.05, 0) is 59.9 Å². The molecule has 1 heterocycles. The summed E-state index contributed by atoms with van der Waals surface area (Å²) in [5, 5.41) is 6.31. The van der Waals surface area contributed by atoms with Gasteiger partial charge in [0.15, 0.2) is 0 Å². The number of nitrogen functional groups attached to an aromatic ring is 1. The first-order chi connectivity index (χ1) is 15.2. The molecule has 1 aliphatic rings. The third kappa shape index (κ3) is 5.47. The highest BCUT2D eigenvalue weighted by Crippen LogP contribution is 2.22. The number of allylic oxidation sites excluding steroid dienone is 1. The van der Waals surface area contributed by atoms with E-state index in [1.807, 2.05) is 42.6 Å². The zero-order chi connectivity index (χ0) is 21.5. The lowest BCUT2D eigenvalue weighted by molar-refractivity contribution is 0.102. The first-order valence-electron chi connectivity index (χ1n) is 10.5. The monoisotopic (exact) mass is 410 g/mol. The number of para-hydroxylation sites is 2. The van der Waals surface area contributed by atoms with Crippen molar-refractivity contribution in [1.82, 2.24) is 5.32 Å². The van der Waals surface area contributed by atoms with E-state index in [0.29, 0.717) is 16.9 Å². The van der Waals surface area contributed by atoms with Crippen molar-refractivity contribution in [3.63, 3.8) is 0 Å². The summed E-state index contributed by atoms with van der Waals surface area (Å²) in [6.45, 7) is 1.55. The molecule has 1 aliphatic heterocycles. The summed E-state index contributed by atoms with van der Waals surface area (Å²) in [4.78, 5) is 16.9. The number of carbonyl (C=O) groups excluding carboxylic acids is 1. The molecule has 0 saturated carbocycles. The van der Waals surface area contributed by atoms with E-state index < -0.39 is 0 Å². The molecule has 5 nitrogen and oxygen atoms in total. The molecular formula is C26H26N4O. The van der Waals surface area contributed by atoms with E-state index in [-0.39, 0.29) is 5.91 Å². The number of hydrogen-bond acceptors (Lipinski definition) is 4. The minimum Gasteiger partial charge on any atom is -0.397 e. The minimum atomic E-state index is -0.179. The van der Waals surface area contributed by atoms with Crippen LogP contribution in [0.2, 0.25) is 0 Å². The summed E-state index contributed by atoms with van der Waals surface area (Å²) in [6, 6.07) is 23.3. The Morgan fingerprint density at radius 1 is 0.903 bits per heavy atom. The molecule has 0 spiro atoms. The predicted molar refractivity (Wildman–Crippen MR) is 128 cm³/mol. The summed E-state index contributed by atoms with van der Waals surface area (Å²) in [6.07, 6.45) is 6.28. The van der Waals surface area contributed by atoms with Crippen molar-refractivity contribution in [2.45, 2.75) is 19.4 Å². The van der Waals surface area contributed by atoms with Crippen LogP contribution in [0.1, 0.15) is 28.8 Å². The third-order valence-electron chi connectivity index (χ3n) is 5.18. The van der Waals surface area contributed by atoms with Crippen molar-refractivity contribution < 1.29 is 4.79 Å². The molecule has 4 N–H and O–H groups in total. The lowest BCUT2D eigenvalue weighted by atomic mass is 10.0. The van der Waals surface area contributed by atoms with Gasteiger partial charge < -0.3 is 16.4 Å². The maximum atomic E-state index is 12.5. The number of rotatable bonds is 7. The Bertz CT molecular complexity index is 1120. The normalized spacial score (nSPS) is 13.0. The van der Waals surface area contributed by atoms with E-state index in [4.69, 9.17) is 5.73 Å². The summed E-state index contributed by atoms with van der Waals surface area (Å²) in [7, 11) is 0. The molecule has 0 unspecified atom stereocenters. The van der Waals surface area contributed by atoms with Crippen LogP contribution in [0.4, 0.5) is 11.4 Å². The Morgan fingerprint density at radius 3 is 2.52 bits per heavy atom. The van der Waals surface area contributed by atoms with Crippen molar-refractivity contribution >= 4 is 23.5 Å². The van der Waals surface area contributed by atoms with Crippen molar-refractivity contribution in [1.29, 1.82) is 0 Å². The van der Waals surface area contributed by atoms with Gasteiger partial charge in [0.25, 0.3) is 5.91 Å². The van der Waals surface area contributed by atoms with Gasteiger partial charge in [-0.3, -0.25) is 9.79 Å². The fourth-order valence-electron chi connectivity index (χ4n) is 3.49. The smallest absolute Gasteiger partial charge is 0.255 e. The molecule has 0 aromatic heterocycles. The highest BCUT2D eigenvalue weighted by atomic mass is 16.1. The second-order valence-electron chi connectivity index (χ2n) is 7.51. The molecule has 0 atom stereocenters. The molecular weight excluding hydrogens is 384 g/mol. The fraction of sp³-hybridized carbons (Fsp3) is 0.154. The molecule has 4 rings (SSSR count). The van der Waals surface area contributed by atoms with Crippen LogP contribution in [-0.2, 0) is 6.54 Å². The van der Waals surface area contributed by atoms with Crippen LogP contribution in [0.25, 0.3) is 11.1 Å². The number of anilines is 2. The average molecular weight is 411 g/mol. The Hall–Kier alpha value is -3.70. The van der Waals surface area contributed by atoms with E-state index in [9.17, 15) is 4.79 Å². The number of carbonyl (C=O) groups is 1. The molecule has 156 valence electrons. The van der Waals surface area contributed by atoms with Crippen LogP contribution < -0.4 is 16.4 Å². The molecule has 3 aromatic carbocycles. The molecule has 5 heteroatoms. The number of nitrogens with two attached hydrogens (primary N) is 1. The number of benzene rings is 3. The quantitative estimate of drug-likeness (QED) is 0.478. The van der Waals surface area contributed by atoms with Gasteiger partial charge in [0.2, 0.25) is 0 Å². The molecule has 31 heavy (non-hydrogen) atoms. The van der Waals surface area contributed by atoms with Crippen molar-refractivity contribution in [2.75, 3.05) is 17.6 Å². The summed E-state index contributed by atoms with van der Waals surface area (Å²) in [5.74, 6) is -0.179.